The fraction of sp³-hybridized carbons (Fsp3) is 0.206. The lowest BCUT2D eigenvalue weighted by molar-refractivity contribution is -0.132. The minimum atomic E-state index is -0.949. The molecular formula is C34H32BrCl2N3O5. The Morgan fingerprint density at radius 2 is 1.58 bits per heavy atom. The number of halogens is 3. The number of amides is 2. The summed E-state index contributed by atoms with van der Waals surface area (Å²) in [5.74, 6) is 0.374. The third-order valence-corrected chi connectivity index (χ3v) is 7.55. The van der Waals surface area contributed by atoms with Crippen molar-refractivity contribution in [1.82, 2.24) is 10.7 Å². The summed E-state index contributed by atoms with van der Waals surface area (Å²) in [5, 5.41) is 7.64. The summed E-state index contributed by atoms with van der Waals surface area (Å²) < 4.78 is 18.3. The third kappa shape index (κ3) is 10.2. The van der Waals surface area contributed by atoms with Gasteiger partial charge in [-0.05, 0) is 76.8 Å². The topological polar surface area (TPSA) is 98.2 Å². The Kier molecular flexibility index (Phi) is 12.7. The van der Waals surface area contributed by atoms with Crippen molar-refractivity contribution in [3.63, 3.8) is 0 Å². The van der Waals surface area contributed by atoms with Crippen molar-refractivity contribution in [3.8, 4) is 17.2 Å². The molecule has 45 heavy (non-hydrogen) atoms. The predicted molar refractivity (Wildman–Crippen MR) is 180 cm³/mol. The molecular weight excluding hydrogens is 681 g/mol. The highest BCUT2D eigenvalue weighted by atomic mass is 79.9. The van der Waals surface area contributed by atoms with Gasteiger partial charge in [0.2, 0.25) is 0 Å². The maximum absolute atomic E-state index is 13.3. The molecule has 234 valence electrons. The maximum Gasteiger partial charge on any atom is 0.262 e. The Morgan fingerprint density at radius 3 is 2.24 bits per heavy atom. The van der Waals surface area contributed by atoms with Crippen molar-refractivity contribution >= 4 is 57.2 Å². The minimum Gasteiger partial charge on any atom is -0.490 e. The predicted octanol–water partition coefficient (Wildman–Crippen LogP) is 7.38. The van der Waals surface area contributed by atoms with Crippen LogP contribution in [0.5, 0.6) is 17.2 Å². The van der Waals surface area contributed by atoms with Crippen molar-refractivity contribution < 1.29 is 23.8 Å². The molecule has 0 radical (unpaired) electrons. The number of carbonyl (C=O) groups is 2. The van der Waals surface area contributed by atoms with Crippen LogP contribution < -0.4 is 25.0 Å². The van der Waals surface area contributed by atoms with Crippen molar-refractivity contribution in [2.24, 2.45) is 5.10 Å². The summed E-state index contributed by atoms with van der Waals surface area (Å²) in [4.78, 5) is 26.4. The van der Waals surface area contributed by atoms with E-state index >= 15 is 0 Å². The van der Waals surface area contributed by atoms with E-state index in [0.717, 1.165) is 11.1 Å². The second-order valence-corrected chi connectivity index (χ2v) is 11.6. The third-order valence-electron chi connectivity index (χ3n) is 6.43. The molecule has 2 N–H and O–H groups in total. The van der Waals surface area contributed by atoms with Crippen LogP contribution >= 0.6 is 39.1 Å². The SMILES string of the molecule is CCOc1cc(/C=N\NC(=O)[C@@H](Cc2ccccc2)NC(=O)[C@H](C)Oc2ccc(Cl)cc2Cl)cc(Br)c1OCc1ccccc1. The molecule has 2 atom stereocenters. The summed E-state index contributed by atoms with van der Waals surface area (Å²) in [6.45, 7) is 4.25. The van der Waals surface area contributed by atoms with Crippen molar-refractivity contribution in [3.05, 3.63) is 122 Å². The Labute approximate surface area is 280 Å². The molecule has 4 rings (SSSR count). The molecule has 0 aliphatic heterocycles. The number of ether oxygens (including phenoxy) is 3. The van der Waals surface area contributed by atoms with Crippen LogP contribution in [-0.2, 0) is 22.6 Å². The van der Waals surface area contributed by atoms with E-state index in [1.807, 2.05) is 73.7 Å². The fourth-order valence-electron chi connectivity index (χ4n) is 4.21. The van der Waals surface area contributed by atoms with E-state index < -0.39 is 24.0 Å². The molecule has 11 heteroatoms. The summed E-state index contributed by atoms with van der Waals surface area (Å²) in [7, 11) is 0. The highest BCUT2D eigenvalue weighted by molar-refractivity contribution is 9.10. The lowest BCUT2D eigenvalue weighted by Gasteiger charge is -2.21. The van der Waals surface area contributed by atoms with Crippen molar-refractivity contribution in [2.45, 2.75) is 39.0 Å². The molecule has 0 aliphatic carbocycles. The number of hydrogen-bond acceptors (Lipinski definition) is 6. The van der Waals surface area contributed by atoms with Crippen LogP contribution in [0.25, 0.3) is 0 Å². The van der Waals surface area contributed by atoms with E-state index in [4.69, 9.17) is 37.4 Å². The summed E-state index contributed by atoms with van der Waals surface area (Å²) in [6.07, 6.45) is 0.771. The van der Waals surface area contributed by atoms with Gasteiger partial charge in [-0.3, -0.25) is 9.59 Å². The summed E-state index contributed by atoms with van der Waals surface area (Å²) >= 11 is 15.7. The summed E-state index contributed by atoms with van der Waals surface area (Å²) in [5.41, 5.74) is 5.08. The van der Waals surface area contributed by atoms with Gasteiger partial charge in [0.25, 0.3) is 11.8 Å². The minimum absolute atomic E-state index is 0.232. The van der Waals surface area contributed by atoms with Crippen LogP contribution in [0.1, 0.15) is 30.5 Å². The largest absolute Gasteiger partial charge is 0.490 e. The van der Waals surface area contributed by atoms with Gasteiger partial charge in [0.15, 0.2) is 17.6 Å². The second-order valence-electron chi connectivity index (χ2n) is 9.86. The monoisotopic (exact) mass is 711 g/mol. The quantitative estimate of drug-likeness (QED) is 0.105. The zero-order valence-corrected chi connectivity index (χ0v) is 27.7. The second kappa shape index (κ2) is 16.9. The van der Waals surface area contributed by atoms with Crippen LogP contribution in [0, 0.1) is 0 Å². The average molecular weight is 713 g/mol. The number of nitrogens with zero attached hydrogens (tertiary/aromatic N) is 1. The van der Waals surface area contributed by atoms with Gasteiger partial charge >= 0.3 is 0 Å². The van der Waals surface area contributed by atoms with Crippen LogP contribution in [0.3, 0.4) is 0 Å². The molecule has 8 nitrogen and oxygen atoms in total. The smallest absolute Gasteiger partial charge is 0.262 e. The fourth-order valence-corrected chi connectivity index (χ4v) is 5.23. The molecule has 2 amide bonds. The summed E-state index contributed by atoms with van der Waals surface area (Å²) in [6, 6.07) is 26.5. The molecule has 0 spiro atoms. The van der Waals surface area contributed by atoms with E-state index in [2.05, 4.69) is 31.8 Å². The number of benzene rings is 4. The van der Waals surface area contributed by atoms with Gasteiger partial charge in [0.05, 0.1) is 22.3 Å². The molecule has 0 saturated carbocycles. The normalized spacial score (nSPS) is 12.3. The van der Waals surface area contributed by atoms with E-state index in [9.17, 15) is 9.59 Å². The molecule has 0 fully saturated rings. The molecule has 0 saturated heterocycles. The van der Waals surface area contributed by atoms with Crippen molar-refractivity contribution in [1.29, 1.82) is 0 Å². The molecule has 4 aromatic rings. The van der Waals surface area contributed by atoms with E-state index in [1.54, 1.807) is 25.1 Å². The maximum atomic E-state index is 13.3. The molecule has 0 heterocycles. The first-order valence-corrected chi connectivity index (χ1v) is 15.7. The number of hydrazone groups is 1. The Morgan fingerprint density at radius 1 is 0.889 bits per heavy atom. The first kappa shape index (κ1) is 33.8. The lowest BCUT2D eigenvalue weighted by atomic mass is 10.1. The number of nitrogens with one attached hydrogen (secondary N) is 2. The first-order valence-electron chi connectivity index (χ1n) is 14.2. The standard InChI is InChI=1S/C34H32BrCl2N3O5/c1-3-43-31-18-25(16-27(35)32(31)44-21-24-12-8-5-9-13-24)20-38-40-34(42)29(17-23-10-6-4-7-11-23)39-33(41)22(2)45-30-15-14-26(36)19-28(30)37/h4-16,18-20,22,29H,3,17,21H2,1-2H3,(H,39,41)(H,40,42)/b38-20-/t22-,29+/m0/s1. The van der Waals surface area contributed by atoms with Gasteiger partial charge in [-0.2, -0.15) is 5.10 Å². The van der Waals surface area contributed by atoms with Crippen LogP contribution in [-0.4, -0.2) is 36.8 Å². The Bertz CT molecular complexity index is 1620. The lowest BCUT2D eigenvalue weighted by Crippen LogP contribution is -2.50. The molecule has 0 aromatic heterocycles. The van der Waals surface area contributed by atoms with Gasteiger partial charge in [-0.15, -0.1) is 0 Å². The van der Waals surface area contributed by atoms with E-state index in [0.29, 0.717) is 45.5 Å². The van der Waals surface area contributed by atoms with Crippen LogP contribution in [0.15, 0.2) is 101 Å². The van der Waals surface area contributed by atoms with Gasteiger partial charge < -0.3 is 19.5 Å². The number of carbonyl (C=O) groups excluding carboxylic acids is 2. The zero-order valence-electron chi connectivity index (χ0n) is 24.6. The van der Waals surface area contributed by atoms with E-state index in [-0.39, 0.29) is 11.4 Å². The molecule has 0 bridgehead atoms. The van der Waals surface area contributed by atoms with Crippen LogP contribution in [0.2, 0.25) is 10.0 Å². The van der Waals surface area contributed by atoms with Gasteiger partial charge in [0.1, 0.15) is 18.4 Å². The molecule has 0 aliphatic rings. The highest BCUT2D eigenvalue weighted by Crippen LogP contribution is 2.37. The van der Waals surface area contributed by atoms with Crippen molar-refractivity contribution in [2.75, 3.05) is 6.61 Å². The zero-order chi connectivity index (χ0) is 32.2. The Balaban J connectivity index is 1.45. The average Bonchev–Trinajstić information content (AvgIpc) is 3.02. The van der Waals surface area contributed by atoms with E-state index in [1.165, 1.54) is 12.3 Å². The molecule has 0 unspecified atom stereocenters. The van der Waals surface area contributed by atoms with Crippen LogP contribution in [0.4, 0.5) is 0 Å². The Hall–Kier alpha value is -4.05. The van der Waals surface area contributed by atoms with Gasteiger partial charge in [-0.25, -0.2) is 5.43 Å². The molecule has 4 aromatic carbocycles. The first-order chi connectivity index (χ1) is 21.7. The number of rotatable bonds is 14. The van der Waals surface area contributed by atoms with Gasteiger partial charge in [-0.1, -0.05) is 83.9 Å². The highest BCUT2D eigenvalue weighted by Gasteiger charge is 2.25. The van der Waals surface area contributed by atoms with Gasteiger partial charge in [0, 0.05) is 11.4 Å². The number of hydrogen-bond donors (Lipinski definition) is 2.